The van der Waals surface area contributed by atoms with Crippen LogP contribution in [0.3, 0.4) is 0 Å². The molecule has 0 saturated carbocycles. The minimum absolute atomic E-state index is 0.0231. The molecule has 9 nitrogen and oxygen atoms in total. The van der Waals surface area contributed by atoms with Gasteiger partial charge in [0, 0.05) is 13.2 Å². The summed E-state index contributed by atoms with van der Waals surface area (Å²) < 4.78 is 6.17. The number of methoxy groups -OCH3 is 1. The summed E-state index contributed by atoms with van der Waals surface area (Å²) in [6.45, 7) is 0. The van der Waals surface area contributed by atoms with Gasteiger partial charge in [-0.15, -0.1) is 10.2 Å². The number of halogens is 2. The molecular weight excluding hydrogens is 419 g/mol. The molecule has 1 aromatic carbocycles. The minimum atomic E-state index is -0.695. The van der Waals surface area contributed by atoms with Crippen LogP contribution in [-0.2, 0) is 11.8 Å². The summed E-state index contributed by atoms with van der Waals surface area (Å²) in [5.41, 5.74) is 1.14. The maximum absolute atomic E-state index is 12.5. The molecule has 0 aliphatic rings. The Labute approximate surface area is 174 Å². The van der Waals surface area contributed by atoms with E-state index < -0.39 is 11.9 Å². The fourth-order valence-corrected chi connectivity index (χ4v) is 2.78. The number of carbonyl (C=O) groups is 2. The Balaban J connectivity index is 1.88. The summed E-state index contributed by atoms with van der Waals surface area (Å²) in [6, 6.07) is 7.59. The number of carbonyl (C=O) groups excluding carboxylic acids is 2. The molecule has 0 bridgehead atoms. The molecule has 2 heterocycles. The second-order valence-corrected chi connectivity index (χ2v) is 6.55. The van der Waals surface area contributed by atoms with E-state index >= 15 is 0 Å². The topological polar surface area (TPSA) is 123 Å². The highest BCUT2D eigenvalue weighted by Crippen LogP contribution is 2.30. The SMILES string of the molecule is COC(=O)c1cc(Cl)c(Cl)cc1NC(=O)c1ccc(-c2nn(C)cc2C#N)nn1. The largest absolute Gasteiger partial charge is 0.465 e. The number of aromatic nitrogens is 4. The number of aryl methyl sites for hydroxylation is 1. The number of nitrogens with zero attached hydrogens (tertiary/aromatic N) is 5. The molecule has 0 aliphatic carbocycles. The quantitative estimate of drug-likeness (QED) is 0.630. The molecular formula is C18H12Cl2N6O3. The monoisotopic (exact) mass is 430 g/mol. The van der Waals surface area contributed by atoms with Crippen LogP contribution in [0.1, 0.15) is 26.4 Å². The third-order valence-corrected chi connectivity index (χ3v) is 4.53. The van der Waals surface area contributed by atoms with Crippen molar-refractivity contribution in [1.82, 2.24) is 20.0 Å². The Hall–Kier alpha value is -3.48. The van der Waals surface area contributed by atoms with Crippen LogP contribution in [0.5, 0.6) is 0 Å². The summed E-state index contributed by atoms with van der Waals surface area (Å²) >= 11 is 11.9. The molecule has 1 amide bonds. The summed E-state index contributed by atoms with van der Waals surface area (Å²) in [5, 5.41) is 24.0. The number of benzene rings is 1. The van der Waals surface area contributed by atoms with Gasteiger partial charge in [-0.05, 0) is 24.3 Å². The number of anilines is 1. The average Bonchev–Trinajstić information content (AvgIpc) is 3.10. The second kappa shape index (κ2) is 8.26. The molecule has 2 aromatic heterocycles. The molecule has 1 N–H and O–H groups in total. The molecule has 3 rings (SSSR count). The maximum atomic E-state index is 12.5. The van der Waals surface area contributed by atoms with Crippen LogP contribution in [0.15, 0.2) is 30.5 Å². The van der Waals surface area contributed by atoms with Crippen LogP contribution in [0.2, 0.25) is 10.0 Å². The van der Waals surface area contributed by atoms with Gasteiger partial charge in [-0.1, -0.05) is 23.2 Å². The number of rotatable bonds is 4. The van der Waals surface area contributed by atoms with Crippen molar-refractivity contribution in [3.8, 4) is 17.5 Å². The molecule has 0 atom stereocenters. The summed E-state index contributed by atoms with van der Waals surface area (Å²) in [4.78, 5) is 24.5. The lowest BCUT2D eigenvalue weighted by atomic mass is 10.1. The van der Waals surface area contributed by atoms with E-state index in [0.29, 0.717) is 17.0 Å². The van der Waals surface area contributed by atoms with Crippen molar-refractivity contribution in [3.05, 3.63) is 57.3 Å². The van der Waals surface area contributed by atoms with Gasteiger partial charge in [0.25, 0.3) is 5.91 Å². The lowest BCUT2D eigenvalue weighted by Crippen LogP contribution is -2.17. The number of amides is 1. The molecule has 29 heavy (non-hydrogen) atoms. The molecule has 0 spiro atoms. The van der Waals surface area contributed by atoms with Crippen LogP contribution >= 0.6 is 23.2 Å². The lowest BCUT2D eigenvalue weighted by molar-refractivity contribution is 0.0602. The predicted molar refractivity (Wildman–Crippen MR) is 105 cm³/mol. The van der Waals surface area contributed by atoms with Crippen molar-refractivity contribution in [1.29, 1.82) is 5.26 Å². The Bertz CT molecular complexity index is 1150. The average molecular weight is 431 g/mol. The fraction of sp³-hybridized carbons (Fsp3) is 0.111. The van der Waals surface area contributed by atoms with Crippen LogP contribution in [0, 0.1) is 11.3 Å². The van der Waals surface area contributed by atoms with Crippen LogP contribution < -0.4 is 5.32 Å². The molecule has 0 aliphatic heterocycles. The van der Waals surface area contributed by atoms with Gasteiger partial charge in [0.2, 0.25) is 0 Å². The molecule has 11 heteroatoms. The van der Waals surface area contributed by atoms with E-state index in [1.54, 1.807) is 13.2 Å². The van der Waals surface area contributed by atoms with Crippen molar-refractivity contribution >= 4 is 40.8 Å². The number of nitriles is 1. The van der Waals surface area contributed by atoms with Crippen molar-refractivity contribution < 1.29 is 14.3 Å². The van der Waals surface area contributed by atoms with Gasteiger partial charge in [-0.25, -0.2) is 4.79 Å². The summed E-state index contributed by atoms with van der Waals surface area (Å²) in [7, 11) is 2.88. The Kier molecular flexibility index (Phi) is 5.77. The Morgan fingerprint density at radius 2 is 1.93 bits per heavy atom. The van der Waals surface area contributed by atoms with E-state index in [1.807, 2.05) is 6.07 Å². The van der Waals surface area contributed by atoms with Gasteiger partial charge < -0.3 is 10.1 Å². The second-order valence-electron chi connectivity index (χ2n) is 5.74. The van der Waals surface area contributed by atoms with Gasteiger partial charge in [-0.2, -0.15) is 10.4 Å². The minimum Gasteiger partial charge on any atom is -0.465 e. The highest BCUT2D eigenvalue weighted by molar-refractivity contribution is 6.42. The number of nitrogens with one attached hydrogen (secondary N) is 1. The zero-order chi connectivity index (χ0) is 21.1. The van der Waals surface area contributed by atoms with Gasteiger partial charge in [0.15, 0.2) is 5.69 Å². The molecule has 0 radical (unpaired) electrons. The molecule has 146 valence electrons. The smallest absolute Gasteiger partial charge is 0.340 e. The summed E-state index contributed by atoms with van der Waals surface area (Å²) in [5.74, 6) is -1.33. The molecule has 0 fully saturated rings. The van der Waals surface area contributed by atoms with Gasteiger partial charge in [0.1, 0.15) is 17.5 Å². The van der Waals surface area contributed by atoms with E-state index in [9.17, 15) is 9.59 Å². The first-order chi connectivity index (χ1) is 13.8. The van der Waals surface area contributed by atoms with Crippen molar-refractivity contribution in [2.75, 3.05) is 12.4 Å². The Morgan fingerprint density at radius 3 is 2.55 bits per heavy atom. The van der Waals surface area contributed by atoms with Crippen LogP contribution in [-0.4, -0.2) is 39.0 Å². The maximum Gasteiger partial charge on any atom is 0.340 e. The fourth-order valence-electron chi connectivity index (χ4n) is 2.45. The molecule has 0 unspecified atom stereocenters. The van der Waals surface area contributed by atoms with E-state index in [0.717, 1.165) is 0 Å². The van der Waals surface area contributed by atoms with Gasteiger partial charge >= 0.3 is 5.97 Å². The molecule has 0 saturated heterocycles. The number of hydrogen-bond donors (Lipinski definition) is 1. The highest BCUT2D eigenvalue weighted by atomic mass is 35.5. The standard InChI is InChI=1S/C18H12Cl2N6O3/c1-26-8-9(7-21)16(25-26)13-3-4-14(24-23-13)17(27)22-15-6-12(20)11(19)5-10(15)18(28)29-2/h3-6,8H,1-2H3,(H,22,27). The van der Waals surface area contributed by atoms with Crippen molar-refractivity contribution in [2.45, 2.75) is 0 Å². The first-order valence-corrected chi connectivity index (χ1v) is 8.76. The zero-order valence-electron chi connectivity index (χ0n) is 15.1. The number of ether oxygens (including phenoxy) is 1. The molecule has 3 aromatic rings. The third kappa shape index (κ3) is 4.18. The predicted octanol–water partition coefficient (Wildman–Crippen LogP) is 3.09. The van der Waals surface area contributed by atoms with E-state index in [4.69, 9.17) is 33.2 Å². The highest BCUT2D eigenvalue weighted by Gasteiger charge is 2.19. The first kappa shape index (κ1) is 20.3. The number of esters is 1. The van der Waals surface area contributed by atoms with E-state index in [-0.39, 0.29) is 27.0 Å². The van der Waals surface area contributed by atoms with E-state index in [2.05, 4.69) is 20.6 Å². The number of hydrogen-bond acceptors (Lipinski definition) is 7. The summed E-state index contributed by atoms with van der Waals surface area (Å²) in [6.07, 6.45) is 1.55. The van der Waals surface area contributed by atoms with Crippen LogP contribution in [0.25, 0.3) is 11.4 Å². The van der Waals surface area contributed by atoms with Crippen LogP contribution in [0.4, 0.5) is 5.69 Å². The van der Waals surface area contributed by atoms with Crippen molar-refractivity contribution in [2.24, 2.45) is 7.05 Å². The van der Waals surface area contributed by atoms with Crippen molar-refractivity contribution in [3.63, 3.8) is 0 Å². The zero-order valence-corrected chi connectivity index (χ0v) is 16.6. The lowest BCUT2D eigenvalue weighted by Gasteiger charge is -2.11. The van der Waals surface area contributed by atoms with E-state index in [1.165, 1.54) is 36.1 Å². The normalized spacial score (nSPS) is 10.3. The first-order valence-electron chi connectivity index (χ1n) is 8.00. The van der Waals surface area contributed by atoms with Gasteiger partial charge in [-0.3, -0.25) is 9.48 Å². The van der Waals surface area contributed by atoms with Gasteiger partial charge in [0.05, 0.1) is 34.0 Å². The third-order valence-electron chi connectivity index (χ3n) is 3.80. The Morgan fingerprint density at radius 1 is 1.21 bits per heavy atom.